The van der Waals surface area contributed by atoms with Crippen molar-refractivity contribution in [3.05, 3.63) is 34.3 Å². The van der Waals surface area contributed by atoms with Gasteiger partial charge < -0.3 is 0 Å². The van der Waals surface area contributed by atoms with Gasteiger partial charge in [-0.05, 0) is 30.5 Å². The molecule has 0 heterocycles. The quantitative estimate of drug-likeness (QED) is 0.601. The fourth-order valence-electron chi connectivity index (χ4n) is 1.74. The summed E-state index contributed by atoms with van der Waals surface area (Å²) in [7, 11) is 0. The Balaban J connectivity index is 2.55. The van der Waals surface area contributed by atoms with Gasteiger partial charge in [-0.2, -0.15) is 0 Å². The zero-order valence-corrected chi connectivity index (χ0v) is 7.74. The van der Waals surface area contributed by atoms with Crippen LogP contribution in [-0.4, -0.2) is 0 Å². The van der Waals surface area contributed by atoms with E-state index in [1.165, 1.54) is 6.07 Å². The van der Waals surface area contributed by atoms with Gasteiger partial charge in [0.25, 0.3) is 5.92 Å². The second-order valence-corrected chi connectivity index (χ2v) is 3.80. The number of benzene rings is 1. The number of fused-ring (bicyclic) bond motifs is 1. The third-order valence-electron chi connectivity index (χ3n) is 2.40. The van der Waals surface area contributed by atoms with E-state index < -0.39 is 5.92 Å². The first kappa shape index (κ1) is 8.95. The Morgan fingerprint density at radius 2 is 2.08 bits per heavy atom. The Bertz CT molecular complexity index is 334. The normalized spacial score (nSPS) is 19.6. The van der Waals surface area contributed by atoms with Gasteiger partial charge in [0.15, 0.2) is 0 Å². The van der Waals surface area contributed by atoms with Crippen LogP contribution < -0.4 is 0 Å². The summed E-state index contributed by atoms with van der Waals surface area (Å²) in [4.78, 5) is 0. The molecule has 0 radical (unpaired) electrons. The van der Waals surface area contributed by atoms with Crippen molar-refractivity contribution in [1.82, 2.24) is 0 Å². The minimum Gasteiger partial charge on any atom is -0.201 e. The van der Waals surface area contributed by atoms with Crippen molar-refractivity contribution in [2.75, 3.05) is 0 Å². The zero-order chi connectivity index (χ0) is 9.47. The van der Waals surface area contributed by atoms with Gasteiger partial charge >= 0.3 is 0 Å². The second-order valence-electron chi connectivity index (χ2n) is 3.36. The predicted molar refractivity (Wildman–Crippen MR) is 48.3 cm³/mol. The number of aryl methyl sites for hydroxylation is 1. The molecule has 0 aliphatic heterocycles. The summed E-state index contributed by atoms with van der Waals surface area (Å²) in [5, 5.41) is 0.389. The van der Waals surface area contributed by atoms with Gasteiger partial charge in [0.05, 0.1) is 0 Å². The highest BCUT2D eigenvalue weighted by Crippen LogP contribution is 2.40. The van der Waals surface area contributed by atoms with Crippen LogP contribution >= 0.6 is 11.6 Å². The van der Waals surface area contributed by atoms with Crippen molar-refractivity contribution in [1.29, 1.82) is 0 Å². The van der Waals surface area contributed by atoms with E-state index in [1.807, 2.05) is 0 Å². The molecule has 2 rings (SSSR count). The topological polar surface area (TPSA) is 0 Å². The summed E-state index contributed by atoms with van der Waals surface area (Å²) in [5.41, 5.74) is 0.854. The summed E-state index contributed by atoms with van der Waals surface area (Å²) in [6.07, 6.45) is 1.24. The molecular weight excluding hydrogens is 194 g/mol. The van der Waals surface area contributed by atoms with Gasteiger partial charge in [0.2, 0.25) is 0 Å². The predicted octanol–water partition coefficient (Wildman–Crippen LogP) is 3.77. The molecule has 0 atom stereocenters. The first-order chi connectivity index (χ1) is 6.09. The fourth-order valence-corrected chi connectivity index (χ4v) is 1.91. The molecule has 0 aromatic heterocycles. The Morgan fingerprint density at radius 3 is 2.85 bits per heavy atom. The van der Waals surface area contributed by atoms with E-state index in [9.17, 15) is 8.78 Å². The summed E-state index contributed by atoms with van der Waals surface area (Å²) in [6, 6.07) is 4.75. The molecular formula is C10H9ClF2. The first-order valence-corrected chi connectivity index (χ1v) is 4.64. The molecule has 1 aliphatic carbocycles. The molecule has 0 saturated carbocycles. The molecule has 0 spiro atoms. The van der Waals surface area contributed by atoms with E-state index in [2.05, 4.69) is 0 Å². The van der Waals surface area contributed by atoms with E-state index in [0.29, 0.717) is 11.4 Å². The number of hydrogen-bond donors (Lipinski definition) is 0. The molecule has 1 aromatic rings. The minimum absolute atomic E-state index is 0.0552. The number of halogens is 3. The van der Waals surface area contributed by atoms with Crippen LogP contribution in [0.5, 0.6) is 0 Å². The van der Waals surface area contributed by atoms with Crippen LogP contribution in [0.4, 0.5) is 8.78 Å². The molecule has 0 bridgehead atoms. The highest BCUT2D eigenvalue weighted by molar-refractivity contribution is 6.30. The Hall–Kier alpha value is -0.630. The number of hydrogen-bond acceptors (Lipinski definition) is 0. The lowest BCUT2D eigenvalue weighted by Gasteiger charge is -2.25. The second kappa shape index (κ2) is 2.95. The lowest BCUT2D eigenvalue weighted by atomic mass is 9.89. The minimum atomic E-state index is -2.68. The van der Waals surface area contributed by atoms with Gasteiger partial charge in [0.1, 0.15) is 0 Å². The van der Waals surface area contributed by atoms with E-state index in [4.69, 9.17) is 11.6 Å². The fraction of sp³-hybridized carbons (Fsp3) is 0.400. The molecule has 1 aliphatic rings. The lowest BCUT2D eigenvalue weighted by molar-refractivity contribution is -0.0216. The molecule has 70 valence electrons. The maximum absolute atomic E-state index is 13.3. The van der Waals surface area contributed by atoms with Gasteiger partial charge in [-0.3, -0.25) is 0 Å². The molecule has 0 unspecified atom stereocenters. The number of alkyl halides is 2. The van der Waals surface area contributed by atoms with Crippen molar-refractivity contribution in [2.45, 2.75) is 25.2 Å². The van der Waals surface area contributed by atoms with E-state index in [0.717, 1.165) is 12.0 Å². The molecule has 1 aromatic carbocycles. The lowest BCUT2D eigenvalue weighted by Crippen LogP contribution is -2.20. The van der Waals surface area contributed by atoms with Crippen LogP contribution in [0.2, 0.25) is 5.02 Å². The number of rotatable bonds is 0. The molecule has 0 nitrogen and oxygen atoms in total. The molecule has 3 heteroatoms. The largest absolute Gasteiger partial charge is 0.273 e. The van der Waals surface area contributed by atoms with E-state index in [1.54, 1.807) is 12.1 Å². The molecule has 0 amide bonds. The van der Waals surface area contributed by atoms with E-state index >= 15 is 0 Å². The van der Waals surface area contributed by atoms with Gasteiger partial charge in [0, 0.05) is 17.0 Å². The first-order valence-electron chi connectivity index (χ1n) is 4.26. The van der Waals surface area contributed by atoms with Crippen LogP contribution in [-0.2, 0) is 12.3 Å². The summed E-state index contributed by atoms with van der Waals surface area (Å²) >= 11 is 5.67. The maximum Gasteiger partial charge on any atom is 0.273 e. The van der Waals surface area contributed by atoms with Crippen LogP contribution in [0.15, 0.2) is 18.2 Å². The van der Waals surface area contributed by atoms with Crippen molar-refractivity contribution in [3.63, 3.8) is 0 Å². The van der Waals surface area contributed by atoms with Crippen LogP contribution in [0.1, 0.15) is 24.0 Å². The van der Waals surface area contributed by atoms with Gasteiger partial charge in [-0.15, -0.1) is 0 Å². The monoisotopic (exact) mass is 202 g/mol. The molecule has 0 fully saturated rings. The molecule has 0 saturated heterocycles. The maximum atomic E-state index is 13.3. The van der Waals surface area contributed by atoms with E-state index in [-0.39, 0.29) is 12.0 Å². The van der Waals surface area contributed by atoms with Crippen molar-refractivity contribution < 1.29 is 8.78 Å². The van der Waals surface area contributed by atoms with Crippen molar-refractivity contribution >= 4 is 11.6 Å². The standard InChI is InChI=1S/C10H9ClF2/c11-8-4-3-7-2-1-5-10(12,13)9(7)6-8/h3-4,6H,1-2,5H2. The highest BCUT2D eigenvalue weighted by atomic mass is 35.5. The van der Waals surface area contributed by atoms with Crippen LogP contribution in [0, 0.1) is 0 Å². The average Bonchev–Trinajstić information content (AvgIpc) is 2.06. The van der Waals surface area contributed by atoms with Crippen molar-refractivity contribution in [2.24, 2.45) is 0 Å². The third kappa shape index (κ3) is 1.55. The Labute approximate surface area is 80.5 Å². The van der Waals surface area contributed by atoms with Gasteiger partial charge in [-0.1, -0.05) is 17.7 Å². The zero-order valence-electron chi connectivity index (χ0n) is 6.99. The third-order valence-corrected chi connectivity index (χ3v) is 2.64. The highest BCUT2D eigenvalue weighted by Gasteiger charge is 2.36. The average molecular weight is 203 g/mol. The van der Waals surface area contributed by atoms with Gasteiger partial charge in [-0.25, -0.2) is 8.78 Å². The van der Waals surface area contributed by atoms with Crippen LogP contribution in [0.3, 0.4) is 0 Å². The molecule has 13 heavy (non-hydrogen) atoms. The summed E-state index contributed by atoms with van der Waals surface area (Å²) < 4.78 is 26.6. The Kier molecular flexibility index (Phi) is 2.03. The van der Waals surface area contributed by atoms with Crippen molar-refractivity contribution in [3.8, 4) is 0 Å². The van der Waals surface area contributed by atoms with Crippen LogP contribution in [0.25, 0.3) is 0 Å². The molecule has 0 N–H and O–H groups in total. The summed E-state index contributed by atoms with van der Waals surface area (Å²) in [5.74, 6) is -2.68. The SMILES string of the molecule is FC1(F)CCCc2ccc(Cl)cc21. The smallest absolute Gasteiger partial charge is 0.201 e. The Morgan fingerprint density at radius 1 is 1.31 bits per heavy atom. The summed E-state index contributed by atoms with van der Waals surface area (Å²) in [6.45, 7) is 0.